The zero-order chi connectivity index (χ0) is 20.8. The molecule has 0 radical (unpaired) electrons. The van der Waals surface area contributed by atoms with Crippen LogP contribution in [-0.4, -0.2) is 52.9 Å². The SMILES string of the molecule is C#Cc1cnc(N[C@@H]2CCN(C(=O)c3ccc(NC(=O)C=C)cc3)C2)nc1OC. The Morgan fingerprint density at radius 2 is 2.14 bits per heavy atom. The van der Waals surface area contributed by atoms with Crippen LogP contribution in [0.25, 0.3) is 0 Å². The van der Waals surface area contributed by atoms with E-state index in [0.29, 0.717) is 41.7 Å². The quantitative estimate of drug-likeness (QED) is 0.577. The Hall–Kier alpha value is -3.86. The number of aromatic nitrogens is 2. The third-order valence-corrected chi connectivity index (χ3v) is 4.50. The van der Waals surface area contributed by atoms with Gasteiger partial charge in [-0.15, -0.1) is 6.42 Å². The van der Waals surface area contributed by atoms with Gasteiger partial charge in [0.05, 0.1) is 13.3 Å². The molecule has 2 N–H and O–H groups in total. The Morgan fingerprint density at radius 1 is 1.38 bits per heavy atom. The summed E-state index contributed by atoms with van der Waals surface area (Å²) < 4.78 is 5.17. The molecule has 0 spiro atoms. The van der Waals surface area contributed by atoms with Crippen LogP contribution in [0.5, 0.6) is 5.88 Å². The van der Waals surface area contributed by atoms with E-state index < -0.39 is 0 Å². The lowest BCUT2D eigenvalue weighted by molar-refractivity contribution is -0.111. The molecule has 0 aliphatic carbocycles. The van der Waals surface area contributed by atoms with E-state index in [2.05, 4.69) is 33.1 Å². The van der Waals surface area contributed by atoms with E-state index in [4.69, 9.17) is 11.2 Å². The average Bonchev–Trinajstić information content (AvgIpc) is 3.22. The van der Waals surface area contributed by atoms with Crippen LogP contribution >= 0.6 is 0 Å². The number of anilines is 2. The summed E-state index contributed by atoms with van der Waals surface area (Å²) in [4.78, 5) is 34.3. The van der Waals surface area contributed by atoms with Gasteiger partial charge in [0.2, 0.25) is 17.7 Å². The van der Waals surface area contributed by atoms with E-state index in [-0.39, 0.29) is 17.9 Å². The Labute approximate surface area is 169 Å². The number of nitrogens with zero attached hydrogens (tertiary/aromatic N) is 3. The van der Waals surface area contributed by atoms with Gasteiger partial charge >= 0.3 is 0 Å². The molecule has 29 heavy (non-hydrogen) atoms. The number of nitrogens with one attached hydrogen (secondary N) is 2. The van der Waals surface area contributed by atoms with E-state index >= 15 is 0 Å². The van der Waals surface area contributed by atoms with Gasteiger partial charge in [-0.3, -0.25) is 9.59 Å². The number of carbonyl (C=O) groups excluding carboxylic acids is 2. The number of likely N-dealkylation sites (tertiary alicyclic amines) is 1. The van der Waals surface area contributed by atoms with E-state index in [1.165, 1.54) is 19.4 Å². The molecule has 2 heterocycles. The van der Waals surface area contributed by atoms with Gasteiger partial charge in [0, 0.05) is 30.4 Å². The summed E-state index contributed by atoms with van der Waals surface area (Å²) in [5.74, 6) is 2.83. The van der Waals surface area contributed by atoms with Gasteiger partial charge in [-0.05, 0) is 36.8 Å². The maximum atomic E-state index is 12.7. The number of ether oxygens (including phenoxy) is 1. The lowest BCUT2D eigenvalue weighted by Crippen LogP contribution is -2.31. The van der Waals surface area contributed by atoms with E-state index in [1.54, 1.807) is 29.2 Å². The lowest BCUT2D eigenvalue weighted by Gasteiger charge is -2.17. The summed E-state index contributed by atoms with van der Waals surface area (Å²) in [5.41, 5.74) is 1.64. The van der Waals surface area contributed by atoms with Crippen LogP contribution in [0.4, 0.5) is 11.6 Å². The van der Waals surface area contributed by atoms with Crippen molar-refractivity contribution in [1.82, 2.24) is 14.9 Å². The summed E-state index contributed by atoms with van der Waals surface area (Å²) in [6, 6.07) is 6.77. The Morgan fingerprint density at radius 3 is 2.79 bits per heavy atom. The van der Waals surface area contributed by atoms with E-state index in [1.807, 2.05) is 0 Å². The molecule has 1 aliphatic rings. The molecule has 1 aromatic carbocycles. The number of methoxy groups -OCH3 is 1. The van der Waals surface area contributed by atoms with Gasteiger partial charge < -0.3 is 20.3 Å². The first kappa shape index (κ1) is 19.9. The van der Waals surface area contributed by atoms with Gasteiger partial charge in [0.15, 0.2) is 0 Å². The minimum absolute atomic E-state index is 0.0199. The maximum absolute atomic E-state index is 12.7. The first-order valence-corrected chi connectivity index (χ1v) is 9.01. The van der Waals surface area contributed by atoms with E-state index in [9.17, 15) is 9.59 Å². The summed E-state index contributed by atoms with van der Waals surface area (Å²) in [6.07, 6.45) is 8.87. The van der Waals surface area contributed by atoms with Crippen LogP contribution in [0, 0.1) is 12.3 Å². The summed E-state index contributed by atoms with van der Waals surface area (Å²) in [6.45, 7) is 4.55. The molecule has 1 fully saturated rings. The van der Waals surface area contributed by atoms with Crippen LogP contribution in [-0.2, 0) is 4.79 Å². The standard InChI is InChI=1S/C21H21N5O3/c1-4-14-12-22-21(25-19(14)29-3)24-17-10-11-26(13-17)20(28)15-6-8-16(9-7-15)23-18(27)5-2/h1,5-9,12,17H,2,10-11,13H2,3H3,(H,23,27)(H,22,24,25)/t17-/m1/s1. The zero-order valence-electron chi connectivity index (χ0n) is 16.0. The number of hydrogen-bond acceptors (Lipinski definition) is 6. The number of hydrogen-bond donors (Lipinski definition) is 2. The lowest BCUT2D eigenvalue weighted by atomic mass is 10.2. The van der Waals surface area contributed by atoms with Crippen molar-refractivity contribution in [1.29, 1.82) is 0 Å². The summed E-state index contributed by atoms with van der Waals surface area (Å²) >= 11 is 0. The fourth-order valence-corrected chi connectivity index (χ4v) is 3.01. The molecule has 3 rings (SSSR count). The van der Waals surface area contributed by atoms with Gasteiger partial charge in [-0.1, -0.05) is 12.5 Å². The number of rotatable bonds is 6. The molecule has 1 saturated heterocycles. The minimum atomic E-state index is -0.299. The largest absolute Gasteiger partial charge is 0.480 e. The maximum Gasteiger partial charge on any atom is 0.253 e. The van der Waals surface area contributed by atoms with Crippen molar-refractivity contribution < 1.29 is 14.3 Å². The van der Waals surface area contributed by atoms with Crippen molar-refractivity contribution in [2.24, 2.45) is 0 Å². The fourth-order valence-electron chi connectivity index (χ4n) is 3.01. The Balaban J connectivity index is 1.60. The molecule has 1 atom stereocenters. The average molecular weight is 391 g/mol. The normalized spacial score (nSPS) is 15.3. The van der Waals surface area contributed by atoms with Gasteiger partial charge in [0.1, 0.15) is 5.56 Å². The van der Waals surface area contributed by atoms with Crippen LogP contribution in [0.1, 0.15) is 22.3 Å². The molecule has 2 amide bonds. The number of carbonyl (C=O) groups is 2. The van der Waals surface area contributed by atoms with Crippen molar-refractivity contribution in [3.8, 4) is 18.2 Å². The van der Waals surface area contributed by atoms with Gasteiger partial charge in [0.25, 0.3) is 5.91 Å². The second-order valence-corrected chi connectivity index (χ2v) is 6.41. The molecule has 8 nitrogen and oxygen atoms in total. The smallest absolute Gasteiger partial charge is 0.253 e. The Bertz CT molecular complexity index is 965. The van der Waals surface area contributed by atoms with Gasteiger partial charge in [-0.25, -0.2) is 4.98 Å². The van der Waals surface area contributed by atoms with Crippen LogP contribution in [0.15, 0.2) is 43.1 Å². The highest BCUT2D eigenvalue weighted by Crippen LogP contribution is 2.20. The predicted molar refractivity (Wildman–Crippen MR) is 110 cm³/mol. The molecule has 1 aliphatic heterocycles. The second-order valence-electron chi connectivity index (χ2n) is 6.41. The molecule has 1 aromatic heterocycles. The first-order chi connectivity index (χ1) is 14.0. The second kappa shape index (κ2) is 8.89. The van der Waals surface area contributed by atoms with Crippen molar-refractivity contribution in [3.63, 3.8) is 0 Å². The van der Waals surface area contributed by atoms with Crippen molar-refractivity contribution >= 4 is 23.5 Å². The molecule has 0 unspecified atom stereocenters. The number of amides is 2. The van der Waals surface area contributed by atoms with Crippen LogP contribution in [0.2, 0.25) is 0 Å². The third kappa shape index (κ3) is 4.71. The molecule has 8 heteroatoms. The molecule has 2 aromatic rings. The molecular formula is C21H21N5O3. The fraction of sp³-hybridized carbons (Fsp3) is 0.238. The van der Waals surface area contributed by atoms with Crippen LogP contribution in [0.3, 0.4) is 0 Å². The number of benzene rings is 1. The Kier molecular flexibility index (Phi) is 6.09. The summed E-state index contributed by atoms with van der Waals surface area (Å²) in [7, 11) is 1.50. The highest BCUT2D eigenvalue weighted by Gasteiger charge is 2.27. The molecule has 148 valence electrons. The van der Waals surface area contributed by atoms with Crippen molar-refractivity contribution in [2.45, 2.75) is 12.5 Å². The zero-order valence-corrected chi connectivity index (χ0v) is 16.0. The summed E-state index contributed by atoms with van der Waals surface area (Å²) in [5, 5.41) is 5.87. The van der Waals surface area contributed by atoms with Crippen molar-refractivity contribution in [3.05, 3.63) is 54.2 Å². The molecule has 0 saturated carbocycles. The minimum Gasteiger partial charge on any atom is -0.480 e. The number of terminal acetylenes is 1. The van der Waals surface area contributed by atoms with Crippen LogP contribution < -0.4 is 15.4 Å². The van der Waals surface area contributed by atoms with Gasteiger partial charge in [-0.2, -0.15) is 4.98 Å². The highest BCUT2D eigenvalue weighted by molar-refractivity contribution is 5.99. The monoisotopic (exact) mass is 391 g/mol. The highest BCUT2D eigenvalue weighted by atomic mass is 16.5. The molecular weight excluding hydrogens is 370 g/mol. The topological polar surface area (TPSA) is 96.5 Å². The predicted octanol–water partition coefficient (Wildman–Crippen LogP) is 1.92. The van der Waals surface area contributed by atoms with Crippen molar-refractivity contribution in [2.75, 3.05) is 30.8 Å². The molecule has 0 bridgehead atoms. The van der Waals surface area contributed by atoms with E-state index in [0.717, 1.165) is 6.42 Å². The third-order valence-electron chi connectivity index (χ3n) is 4.50. The first-order valence-electron chi connectivity index (χ1n) is 9.01.